The van der Waals surface area contributed by atoms with Crippen LogP contribution in [0, 0.1) is 5.92 Å². The second-order valence-electron chi connectivity index (χ2n) is 7.33. The molecule has 1 aliphatic rings. The zero-order valence-electron chi connectivity index (χ0n) is 17.1. The number of rotatable bonds is 12. The summed E-state index contributed by atoms with van der Waals surface area (Å²) in [7, 11) is 4.25. The number of likely N-dealkylation sites (N-methyl/N-ethyl adjacent to an activating group) is 1. The Morgan fingerprint density at radius 1 is 1.22 bits per heavy atom. The lowest BCUT2D eigenvalue weighted by Gasteiger charge is -2.23. The molecule has 154 valence electrons. The van der Waals surface area contributed by atoms with E-state index in [4.69, 9.17) is 9.73 Å². The van der Waals surface area contributed by atoms with Gasteiger partial charge in [0, 0.05) is 32.3 Å². The molecular formula is C21H37IN4O. The van der Waals surface area contributed by atoms with Crippen molar-refractivity contribution in [3.63, 3.8) is 0 Å². The monoisotopic (exact) mass is 488 g/mol. The fourth-order valence-corrected chi connectivity index (χ4v) is 2.75. The second kappa shape index (κ2) is 14.2. The predicted octanol–water partition coefficient (Wildman–Crippen LogP) is 3.15. The van der Waals surface area contributed by atoms with E-state index in [1.54, 1.807) is 0 Å². The number of hydrogen-bond donors (Lipinski definition) is 2. The fraction of sp³-hybridized carbons (Fsp3) is 0.667. The molecule has 2 N–H and O–H groups in total. The summed E-state index contributed by atoms with van der Waals surface area (Å²) in [4.78, 5) is 7.05. The molecule has 1 aromatic carbocycles. The van der Waals surface area contributed by atoms with Crippen LogP contribution in [0.3, 0.4) is 0 Å². The number of aliphatic imine (C=N–C) groups is 1. The molecule has 6 heteroatoms. The summed E-state index contributed by atoms with van der Waals surface area (Å²) in [5, 5.41) is 6.76. The standard InChI is InChI=1S/C21H36N4O.HI/c1-4-22-21(23-13-8-14-26-17-19-11-12-19)24-16-20(25(2)3)15-18-9-6-5-7-10-18;/h5-7,9-10,19-20H,4,8,11-17H2,1-3H3,(H2,22,23,24);1H. The Bertz CT molecular complexity index is 520. The van der Waals surface area contributed by atoms with Crippen molar-refractivity contribution in [1.82, 2.24) is 15.5 Å². The summed E-state index contributed by atoms with van der Waals surface area (Å²) >= 11 is 0. The van der Waals surface area contributed by atoms with Crippen LogP contribution in [-0.2, 0) is 11.2 Å². The Balaban J connectivity index is 0.00000364. The van der Waals surface area contributed by atoms with Crippen molar-refractivity contribution < 1.29 is 4.74 Å². The fourth-order valence-electron chi connectivity index (χ4n) is 2.75. The van der Waals surface area contributed by atoms with Crippen molar-refractivity contribution in [1.29, 1.82) is 0 Å². The van der Waals surface area contributed by atoms with Crippen LogP contribution in [-0.4, -0.2) is 63.8 Å². The topological polar surface area (TPSA) is 48.9 Å². The second-order valence-corrected chi connectivity index (χ2v) is 7.33. The van der Waals surface area contributed by atoms with E-state index in [2.05, 4.69) is 66.9 Å². The Morgan fingerprint density at radius 3 is 2.59 bits per heavy atom. The highest BCUT2D eigenvalue weighted by Gasteiger charge is 2.20. The number of hydrogen-bond acceptors (Lipinski definition) is 3. The molecule has 0 saturated heterocycles. The molecule has 0 aromatic heterocycles. The van der Waals surface area contributed by atoms with Crippen molar-refractivity contribution in [2.45, 2.75) is 38.6 Å². The molecule has 27 heavy (non-hydrogen) atoms. The van der Waals surface area contributed by atoms with Gasteiger partial charge in [0.25, 0.3) is 0 Å². The van der Waals surface area contributed by atoms with E-state index < -0.39 is 0 Å². The Labute approximate surface area is 182 Å². The van der Waals surface area contributed by atoms with Gasteiger partial charge < -0.3 is 20.3 Å². The van der Waals surface area contributed by atoms with Crippen molar-refractivity contribution in [2.75, 3.05) is 46.9 Å². The zero-order chi connectivity index (χ0) is 18.6. The lowest BCUT2D eigenvalue weighted by molar-refractivity contribution is 0.123. The number of nitrogens with one attached hydrogen (secondary N) is 2. The molecule has 0 aliphatic heterocycles. The molecule has 1 atom stereocenters. The van der Waals surface area contributed by atoms with Gasteiger partial charge in [0.15, 0.2) is 5.96 Å². The van der Waals surface area contributed by atoms with Crippen LogP contribution < -0.4 is 10.6 Å². The van der Waals surface area contributed by atoms with Gasteiger partial charge in [0.2, 0.25) is 0 Å². The molecule has 5 nitrogen and oxygen atoms in total. The maximum Gasteiger partial charge on any atom is 0.191 e. The summed E-state index contributed by atoms with van der Waals surface area (Å²) in [5.74, 6) is 1.74. The predicted molar refractivity (Wildman–Crippen MR) is 125 cm³/mol. The SMILES string of the molecule is CCNC(=NCC(Cc1ccccc1)N(C)C)NCCCOCC1CC1.I. The smallest absolute Gasteiger partial charge is 0.191 e. The summed E-state index contributed by atoms with van der Waals surface area (Å²) in [6.07, 6.45) is 4.72. The molecule has 1 fully saturated rings. The highest BCUT2D eigenvalue weighted by molar-refractivity contribution is 14.0. The quantitative estimate of drug-likeness (QED) is 0.206. The van der Waals surface area contributed by atoms with Crippen molar-refractivity contribution >= 4 is 29.9 Å². The van der Waals surface area contributed by atoms with Crippen LogP contribution >= 0.6 is 24.0 Å². The van der Waals surface area contributed by atoms with Crippen LogP contribution in [0.4, 0.5) is 0 Å². The third kappa shape index (κ3) is 10.9. The normalized spacial score (nSPS) is 15.3. The van der Waals surface area contributed by atoms with E-state index in [9.17, 15) is 0 Å². The summed E-state index contributed by atoms with van der Waals surface area (Å²) in [6.45, 7) is 6.41. The average Bonchev–Trinajstić information content (AvgIpc) is 3.46. The van der Waals surface area contributed by atoms with Crippen LogP contribution in [0.25, 0.3) is 0 Å². The molecular weight excluding hydrogens is 451 g/mol. The first-order valence-electron chi connectivity index (χ1n) is 9.99. The van der Waals surface area contributed by atoms with Gasteiger partial charge in [-0.3, -0.25) is 4.99 Å². The highest BCUT2D eigenvalue weighted by Crippen LogP contribution is 2.28. The van der Waals surface area contributed by atoms with E-state index in [1.807, 2.05) is 0 Å². The molecule has 2 rings (SSSR count). The van der Waals surface area contributed by atoms with Gasteiger partial charge in [-0.2, -0.15) is 0 Å². The molecule has 0 spiro atoms. The molecule has 1 unspecified atom stereocenters. The van der Waals surface area contributed by atoms with E-state index >= 15 is 0 Å². The minimum atomic E-state index is 0. The van der Waals surface area contributed by atoms with E-state index in [0.717, 1.165) is 57.6 Å². The minimum Gasteiger partial charge on any atom is -0.381 e. The third-order valence-corrected chi connectivity index (χ3v) is 4.66. The van der Waals surface area contributed by atoms with Gasteiger partial charge in [-0.1, -0.05) is 30.3 Å². The lowest BCUT2D eigenvalue weighted by Crippen LogP contribution is -2.40. The van der Waals surface area contributed by atoms with Crippen LogP contribution in [0.2, 0.25) is 0 Å². The molecule has 1 saturated carbocycles. The third-order valence-electron chi connectivity index (χ3n) is 4.66. The largest absolute Gasteiger partial charge is 0.381 e. The van der Waals surface area contributed by atoms with Crippen LogP contribution in [0.15, 0.2) is 35.3 Å². The number of ether oxygens (including phenoxy) is 1. The lowest BCUT2D eigenvalue weighted by atomic mass is 10.1. The maximum atomic E-state index is 5.69. The van der Waals surface area contributed by atoms with Crippen LogP contribution in [0.1, 0.15) is 31.7 Å². The van der Waals surface area contributed by atoms with Gasteiger partial charge >= 0.3 is 0 Å². The van der Waals surface area contributed by atoms with Gasteiger partial charge in [0.05, 0.1) is 6.54 Å². The molecule has 1 aromatic rings. The minimum absolute atomic E-state index is 0. The first kappa shape index (κ1) is 24.2. The van der Waals surface area contributed by atoms with Gasteiger partial charge in [-0.15, -0.1) is 24.0 Å². The summed E-state index contributed by atoms with van der Waals surface area (Å²) < 4.78 is 5.69. The van der Waals surface area contributed by atoms with Gasteiger partial charge in [-0.25, -0.2) is 0 Å². The number of benzene rings is 1. The average molecular weight is 488 g/mol. The van der Waals surface area contributed by atoms with E-state index in [-0.39, 0.29) is 24.0 Å². The highest BCUT2D eigenvalue weighted by atomic mass is 127. The molecule has 1 aliphatic carbocycles. The van der Waals surface area contributed by atoms with Crippen molar-refractivity contribution in [2.24, 2.45) is 10.9 Å². The number of guanidine groups is 1. The first-order valence-corrected chi connectivity index (χ1v) is 9.99. The van der Waals surface area contributed by atoms with Crippen molar-refractivity contribution in [3.05, 3.63) is 35.9 Å². The van der Waals surface area contributed by atoms with E-state index in [1.165, 1.54) is 18.4 Å². The molecule has 0 amide bonds. The summed E-state index contributed by atoms with van der Waals surface area (Å²) in [5.41, 5.74) is 1.35. The maximum absolute atomic E-state index is 5.69. The van der Waals surface area contributed by atoms with Gasteiger partial charge in [-0.05, 0) is 58.2 Å². The number of nitrogens with zero attached hydrogens (tertiary/aromatic N) is 2. The van der Waals surface area contributed by atoms with Crippen molar-refractivity contribution in [3.8, 4) is 0 Å². The molecule has 0 heterocycles. The number of halogens is 1. The Morgan fingerprint density at radius 2 is 1.96 bits per heavy atom. The zero-order valence-corrected chi connectivity index (χ0v) is 19.4. The van der Waals surface area contributed by atoms with Gasteiger partial charge in [0.1, 0.15) is 0 Å². The molecule has 0 bridgehead atoms. The Kier molecular flexibility index (Phi) is 12.7. The van der Waals surface area contributed by atoms with E-state index in [0.29, 0.717) is 6.04 Å². The summed E-state index contributed by atoms with van der Waals surface area (Å²) in [6, 6.07) is 11.0. The Hall–Kier alpha value is -0.860. The van der Waals surface area contributed by atoms with Crippen LogP contribution in [0.5, 0.6) is 0 Å². The first-order chi connectivity index (χ1) is 12.7. The molecule has 0 radical (unpaired) electrons.